The summed E-state index contributed by atoms with van der Waals surface area (Å²) in [7, 11) is 0. The van der Waals surface area contributed by atoms with Crippen molar-refractivity contribution in [2.75, 3.05) is 31.1 Å². The quantitative estimate of drug-likeness (QED) is 0.702. The van der Waals surface area contributed by atoms with Gasteiger partial charge in [-0.05, 0) is 44.0 Å². The fraction of sp³-hybridized carbons (Fsp3) is 0.409. The molecule has 1 aromatic carbocycles. The van der Waals surface area contributed by atoms with E-state index in [-0.39, 0.29) is 0 Å². The van der Waals surface area contributed by atoms with Gasteiger partial charge in [-0.15, -0.1) is 0 Å². The van der Waals surface area contributed by atoms with Crippen molar-refractivity contribution in [3.8, 4) is 11.3 Å². The molecule has 0 amide bonds. The highest BCUT2D eigenvalue weighted by molar-refractivity contribution is 5.65. The monoisotopic (exact) mass is 374 g/mol. The Balaban J connectivity index is 1.20. The zero-order chi connectivity index (χ0) is 18.9. The van der Waals surface area contributed by atoms with E-state index in [2.05, 4.69) is 60.0 Å². The van der Waals surface area contributed by atoms with Gasteiger partial charge in [-0.2, -0.15) is 5.10 Å². The minimum absolute atomic E-state index is 0.557. The van der Waals surface area contributed by atoms with Gasteiger partial charge in [0.1, 0.15) is 5.82 Å². The predicted molar refractivity (Wildman–Crippen MR) is 110 cm³/mol. The lowest BCUT2D eigenvalue weighted by Crippen LogP contribution is -2.55. The van der Waals surface area contributed by atoms with E-state index in [1.807, 2.05) is 31.5 Å². The number of hydrogen-bond acceptors (Lipinski definition) is 5. The van der Waals surface area contributed by atoms with Crippen molar-refractivity contribution in [1.29, 1.82) is 0 Å². The topological polar surface area (TPSA) is 50.1 Å². The Kier molecular flexibility index (Phi) is 4.56. The summed E-state index contributed by atoms with van der Waals surface area (Å²) < 4.78 is 2.10. The molecule has 0 N–H and O–H groups in total. The van der Waals surface area contributed by atoms with Crippen LogP contribution < -0.4 is 4.90 Å². The second-order valence-electron chi connectivity index (χ2n) is 7.85. The Morgan fingerprint density at radius 2 is 1.82 bits per heavy atom. The standard InChI is InChI=1S/C22H26N6/c1-17-23-10-6-22(25-17)18-4-2-5-20(14-18)26-12-7-19(8-13-26)27-15-21(16-27)28-11-3-9-24-28/h2-6,9-11,14,19,21H,7-8,12-13,15-16H2,1H3. The van der Waals surface area contributed by atoms with Crippen molar-refractivity contribution in [2.45, 2.75) is 31.8 Å². The molecule has 0 atom stereocenters. The lowest BCUT2D eigenvalue weighted by molar-refractivity contribution is 0.0418. The first-order chi connectivity index (χ1) is 13.8. The lowest BCUT2D eigenvalue weighted by atomic mass is 9.97. The zero-order valence-electron chi connectivity index (χ0n) is 16.3. The van der Waals surface area contributed by atoms with Crippen molar-refractivity contribution in [3.63, 3.8) is 0 Å². The third-order valence-electron chi connectivity index (χ3n) is 6.05. The van der Waals surface area contributed by atoms with Crippen LogP contribution in [0, 0.1) is 6.92 Å². The van der Waals surface area contributed by atoms with Crippen LogP contribution in [0.4, 0.5) is 5.69 Å². The number of likely N-dealkylation sites (tertiary alicyclic amines) is 1. The van der Waals surface area contributed by atoms with E-state index in [1.165, 1.54) is 18.5 Å². The molecule has 0 unspecified atom stereocenters. The lowest BCUT2D eigenvalue weighted by Gasteiger charge is -2.47. The Bertz CT molecular complexity index is 924. The first kappa shape index (κ1) is 17.4. The number of benzene rings is 1. The zero-order valence-corrected chi connectivity index (χ0v) is 16.3. The summed E-state index contributed by atoms with van der Waals surface area (Å²) >= 11 is 0. The van der Waals surface area contributed by atoms with E-state index >= 15 is 0 Å². The van der Waals surface area contributed by atoms with Crippen LogP contribution in [0.1, 0.15) is 24.7 Å². The van der Waals surface area contributed by atoms with Crippen LogP contribution in [-0.4, -0.2) is 56.9 Å². The smallest absolute Gasteiger partial charge is 0.125 e. The van der Waals surface area contributed by atoms with Gasteiger partial charge in [-0.1, -0.05) is 12.1 Å². The molecule has 0 bridgehead atoms. The average Bonchev–Trinajstić information content (AvgIpc) is 3.22. The van der Waals surface area contributed by atoms with E-state index in [9.17, 15) is 0 Å². The first-order valence-electron chi connectivity index (χ1n) is 10.1. The largest absolute Gasteiger partial charge is 0.371 e. The van der Waals surface area contributed by atoms with Crippen molar-refractivity contribution < 1.29 is 0 Å². The minimum atomic E-state index is 0.557. The third-order valence-corrected chi connectivity index (χ3v) is 6.05. The predicted octanol–water partition coefficient (Wildman–Crippen LogP) is 3.17. The molecule has 2 fully saturated rings. The molecule has 2 aliphatic rings. The summed E-state index contributed by atoms with van der Waals surface area (Å²) in [6, 6.07) is 14.0. The van der Waals surface area contributed by atoms with Crippen LogP contribution in [0.3, 0.4) is 0 Å². The first-order valence-corrected chi connectivity index (χ1v) is 10.1. The van der Waals surface area contributed by atoms with Crippen molar-refractivity contribution >= 4 is 5.69 Å². The maximum absolute atomic E-state index is 4.57. The maximum atomic E-state index is 4.57. The van der Waals surface area contributed by atoms with Gasteiger partial charge in [0.2, 0.25) is 0 Å². The van der Waals surface area contributed by atoms with Gasteiger partial charge in [0, 0.05) is 62.1 Å². The molecule has 4 heterocycles. The third kappa shape index (κ3) is 3.40. The van der Waals surface area contributed by atoms with E-state index < -0.39 is 0 Å². The van der Waals surface area contributed by atoms with Crippen LogP contribution in [0.2, 0.25) is 0 Å². The van der Waals surface area contributed by atoms with Gasteiger partial charge in [0.05, 0.1) is 11.7 Å². The molecular weight excluding hydrogens is 348 g/mol. The van der Waals surface area contributed by atoms with Crippen LogP contribution in [-0.2, 0) is 0 Å². The second-order valence-corrected chi connectivity index (χ2v) is 7.85. The molecule has 2 saturated heterocycles. The number of rotatable bonds is 4. The van der Waals surface area contributed by atoms with E-state index in [0.717, 1.165) is 43.3 Å². The normalized spacial score (nSPS) is 19.0. The summed E-state index contributed by atoms with van der Waals surface area (Å²) in [5.41, 5.74) is 3.45. The number of aryl methyl sites for hydroxylation is 1. The van der Waals surface area contributed by atoms with Crippen molar-refractivity contribution in [2.24, 2.45) is 0 Å². The number of anilines is 1. The summed E-state index contributed by atoms with van der Waals surface area (Å²) in [6.07, 6.45) is 8.24. The highest BCUT2D eigenvalue weighted by Crippen LogP contribution is 2.30. The number of nitrogens with zero attached hydrogens (tertiary/aromatic N) is 6. The fourth-order valence-corrected chi connectivity index (χ4v) is 4.42. The number of piperidine rings is 1. The second kappa shape index (κ2) is 7.36. The highest BCUT2D eigenvalue weighted by atomic mass is 15.4. The van der Waals surface area contributed by atoms with Gasteiger partial charge < -0.3 is 4.90 Å². The SMILES string of the molecule is Cc1nccc(-c2cccc(N3CCC(N4CC(n5cccn5)C4)CC3)c2)n1. The summed E-state index contributed by atoms with van der Waals surface area (Å²) in [5, 5.41) is 4.38. The Morgan fingerprint density at radius 1 is 0.964 bits per heavy atom. The molecule has 2 aromatic heterocycles. The molecule has 6 nitrogen and oxygen atoms in total. The number of hydrogen-bond donors (Lipinski definition) is 0. The average molecular weight is 374 g/mol. The molecule has 28 heavy (non-hydrogen) atoms. The van der Waals surface area contributed by atoms with E-state index in [1.54, 1.807) is 0 Å². The van der Waals surface area contributed by atoms with Crippen LogP contribution in [0.15, 0.2) is 55.0 Å². The molecule has 0 aliphatic carbocycles. The van der Waals surface area contributed by atoms with Gasteiger partial charge >= 0.3 is 0 Å². The molecule has 2 aliphatic heterocycles. The highest BCUT2D eigenvalue weighted by Gasteiger charge is 2.35. The van der Waals surface area contributed by atoms with Gasteiger partial charge in [0.15, 0.2) is 0 Å². The van der Waals surface area contributed by atoms with Crippen LogP contribution in [0.25, 0.3) is 11.3 Å². The summed E-state index contributed by atoms with van der Waals surface area (Å²) in [5.74, 6) is 0.812. The summed E-state index contributed by atoms with van der Waals surface area (Å²) in [6.45, 7) is 6.42. The summed E-state index contributed by atoms with van der Waals surface area (Å²) in [4.78, 5) is 13.9. The molecule has 5 rings (SSSR count). The van der Waals surface area contributed by atoms with E-state index in [0.29, 0.717) is 12.1 Å². The molecule has 0 spiro atoms. The number of aromatic nitrogens is 4. The van der Waals surface area contributed by atoms with Gasteiger partial charge in [-0.3, -0.25) is 9.58 Å². The van der Waals surface area contributed by atoms with Crippen LogP contribution in [0.5, 0.6) is 0 Å². The molecule has 144 valence electrons. The van der Waals surface area contributed by atoms with E-state index in [4.69, 9.17) is 0 Å². The Labute approximate surface area is 165 Å². The minimum Gasteiger partial charge on any atom is -0.371 e. The fourth-order valence-electron chi connectivity index (χ4n) is 4.42. The van der Waals surface area contributed by atoms with Gasteiger partial charge in [0.25, 0.3) is 0 Å². The molecular formula is C22H26N6. The molecule has 6 heteroatoms. The van der Waals surface area contributed by atoms with Crippen molar-refractivity contribution in [1.82, 2.24) is 24.6 Å². The Hall–Kier alpha value is -2.73. The maximum Gasteiger partial charge on any atom is 0.125 e. The van der Waals surface area contributed by atoms with Crippen molar-refractivity contribution in [3.05, 3.63) is 60.8 Å². The Morgan fingerprint density at radius 3 is 2.57 bits per heavy atom. The van der Waals surface area contributed by atoms with Crippen LogP contribution >= 0.6 is 0 Å². The van der Waals surface area contributed by atoms with Gasteiger partial charge in [-0.25, -0.2) is 9.97 Å². The molecule has 0 saturated carbocycles. The molecule has 3 aromatic rings. The molecule has 0 radical (unpaired) electrons.